The molecule has 0 bridgehead atoms. The lowest BCUT2D eigenvalue weighted by molar-refractivity contribution is 0.0863. The quantitative estimate of drug-likeness (QED) is 0.773. The van der Waals surface area contributed by atoms with Gasteiger partial charge in [0.15, 0.2) is 5.78 Å². The summed E-state index contributed by atoms with van der Waals surface area (Å²) in [6.45, 7) is 2.02. The minimum atomic E-state index is -0.111. The van der Waals surface area contributed by atoms with E-state index in [0.29, 0.717) is 0 Å². The fraction of sp³-hybridized carbons (Fsp3) is 0.267. The van der Waals surface area contributed by atoms with Crippen molar-refractivity contribution < 1.29 is 9.59 Å². The molecule has 1 aromatic carbocycles. The first kappa shape index (κ1) is 13.2. The highest BCUT2D eigenvalue weighted by atomic mass is 16.2. The van der Waals surface area contributed by atoms with Crippen LogP contribution >= 0.6 is 0 Å². The highest BCUT2D eigenvalue weighted by Gasteiger charge is 2.12. The fourth-order valence-corrected chi connectivity index (χ4v) is 1.99. The molecule has 0 aliphatic rings. The molecule has 4 nitrogen and oxygen atoms in total. The maximum absolute atomic E-state index is 12.1. The molecule has 0 aliphatic carbocycles. The molecule has 0 saturated carbocycles. The third-order valence-electron chi connectivity index (χ3n) is 3.06. The molecule has 0 amide bonds. The maximum Gasteiger partial charge on any atom is 0.232 e. The van der Waals surface area contributed by atoms with Crippen LogP contribution in [-0.4, -0.2) is 21.2 Å². The zero-order valence-corrected chi connectivity index (χ0v) is 10.9. The van der Waals surface area contributed by atoms with Gasteiger partial charge in [-0.2, -0.15) is 0 Å². The van der Waals surface area contributed by atoms with Crippen LogP contribution in [0.5, 0.6) is 0 Å². The van der Waals surface area contributed by atoms with Crippen LogP contribution in [0.2, 0.25) is 0 Å². The molecule has 19 heavy (non-hydrogen) atoms. The second kappa shape index (κ2) is 6.09. The van der Waals surface area contributed by atoms with Crippen molar-refractivity contribution in [1.29, 1.82) is 0 Å². The summed E-state index contributed by atoms with van der Waals surface area (Å²) in [6, 6.07) is 7.55. The molecule has 0 aliphatic heterocycles. The molecule has 1 aromatic heterocycles. The lowest BCUT2D eigenvalue weighted by atomic mass is 9.99. The van der Waals surface area contributed by atoms with Gasteiger partial charge in [-0.1, -0.05) is 31.2 Å². The topological polar surface area (TPSA) is 52.0 Å². The standard InChI is InChI=1S/C15H16N2O2/c1-2-12-5-3-4-6-13(12)14(18)7-8-15(19)17-10-9-16-11-17/h3-6,9-11H,2,7-8H2,1H3. The lowest BCUT2D eigenvalue weighted by Gasteiger charge is -2.06. The molecule has 4 heteroatoms. The SMILES string of the molecule is CCc1ccccc1C(=O)CCC(=O)n1ccnc1. The highest BCUT2D eigenvalue weighted by Crippen LogP contribution is 2.13. The summed E-state index contributed by atoms with van der Waals surface area (Å²) in [7, 11) is 0. The summed E-state index contributed by atoms with van der Waals surface area (Å²) in [5, 5.41) is 0. The molecule has 0 atom stereocenters. The van der Waals surface area contributed by atoms with Crippen LogP contribution in [0.15, 0.2) is 43.0 Å². The van der Waals surface area contributed by atoms with E-state index in [1.165, 1.54) is 10.9 Å². The summed E-state index contributed by atoms with van der Waals surface area (Å²) in [4.78, 5) is 27.7. The van der Waals surface area contributed by atoms with Crippen molar-refractivity contribution in [3.05, 3.63) is 54.1 Å². The number of nitrogens with zero attached hydrogens (tertiary/aromatic N) is 2. The first-order valence-electron chi connectivity index (χ1n) is 6.34. The Balaban J connectivity index is 2.00. The number of rotatable bonds is 5. The van der Waals surface area contributed by atoms with Gasteiger partial charge in [-0.3, -0.25) is 14.2 Å². The Hall–Kier alpha value is -2.23. The molecule has 2 rings (SSSR count). The minimum absolute atomic E-state index is 0.0194. The van der Waals surface area contributed by atoms with Gasteiger partial charge in [0.2, 0.25) is 5.91 Å². The maximum atomic E-state index is 12.1. The minimum Gasteiger partial charge on any atom is -0.294 e. The number of hydrogen-bond acceptors (Lipinski definition) is 3. The number of hydrogen-bond donors (Lipinski definition) is 0. The van der Waals surface area contributed by atoms with Gasteiger partial charge in [0.05, 0.1) is 0 Å². The van der Waals surface area contributed by atoms with Crippen molar-refractivity contribution in [1.82, 2.24) is 9.55 Å². The second-order valence-corrected chi connectivity index (χ2v) is 4.30. The number of carbonyl (C=O) groups is 2. The van der Waals surface area contributed by atoms with Gasteiger partial charge in [-0.25, -0.2) is 4.98 Å². The van der Waals surface area contributed by atoms with Crippen LogP contribution in [0.4, 0.5) is 0 Å². The van der Waals surface area contributed by atoms with Crippen molar-refractivity contribution in [2.45, 2.75) is 26.2 Å². The van der Waals surface area contributed by atoms with E-state index in [2.05, 4.69) is 4.98 Å². The number of carbonyl (C=O) groups excluding carboxylic acids is 2. The molecular weight excluding hydrogens is 240 g/mol. The van der Waals surface area contributed by atoms with Crippen LogP contribution in [0, 0.1) is 0 Å². The van der Waals surface area contributed by atoms with E-state index in [9.17, 15) is 9.59 Å². The highest BCUT2D eigenvalue weighted by molar-refractivity contribution is 5.99. The van der Waals surface area contributed by atoms with Crippen LogP contribution in [-0.2, 0) is 6.42 Å². The Bertz CT molecular complexity index is 574. The zero-order chi connectivity index (χ0) is 13.7. The normalized spacial score (nSPS) is 10.4. The van der Waals surface area contributed by atoms with E-state index in [4.69, 9.17) is 0 Å². The first-order valence-corrected chi connectivity index (χ1v) is 6.34. The molecule has 0 fully saturated rings. The molecule has 0 radical (unpaired) electrons. The second-order valence-electron chi connectivity index (χ2n) is 4.30. The number of aromatic nitrogens is 2. The molecule has 0 unspecified atom stereocenters. The van der Waals surface area contributed by atoms with Gasteiger partial charge >= 0.3 is 0 Å². The van der Waals surface area contributed by atoms with Crippen LogP contribution < -0.4 is 0 Å². The summed E-state index contributed by atoms with van der Waals surface area (Å²) in [5.41, 5.74) is 1.76. The molecule has 2 aromatic rings. The summed E-state index contributed by atoms with van der Waals surface area (Å²) < 4.78 is 1.40. The molecule has 0 saturated heterocycles. The smallest absolute Gasteiger partial charge is 0.232 e. The van der Waals surface area contributed by atoms with E-state index >= 15 is 0 Å². The Morgan fingerprint density at radius 2 is 2.00 bits per heavy atom. The molecule has 0 spiro atoms. The number of imidazole rings is 1. The monoisotopic (exact) mass is 256 g/mol. The van der Waals surface area contributed by atoms with Gasteiger partial charge < -0.3 is 0 Å². The first-order chi connectivity index (χ1) is 9.22. The third kappa shape index (κ3) is 3.16. The average Bonchev–Trinajstić information content (AvgIpc) is 2.98. The number of benzene rings is 1. The fourth-order valence-electron chi connectivity index (χ4n) is 1.99. The van der Waals surface area contributed by atoms with Gasteiger partial charge in [0.1, 0.15) is 6.33 Å². The Morgan fingerprint density at radius 3 is 2.68 bits per heavy atom. The van der Waals surface area contributed by atoms with E-state index in [1.54, 1.807) is 12.4 Å². The Morgan fingerprint density at radius 1 is 1.21 bits per heavy atom. The van der Waals surface area contributed by atoms with Crippen LogP contribution in [0.1, 0.15) is 40.5 Å². The molecule has 98 valence electrons. The van der Waals surface area contributed by atoms with Gasteiger partial charge in [-0.15, -0.1) is 0 Å². The van der Waals surface area contributed by atoms with Gasteiger partial charge in [-0.05, 0) is 12.0 Å². The predicted octanol–water partition coefficient (Wildman–Crippen LogP) is 2.75. The number of aryl methyl sites for hydroxylation is 1. The largest absolute Gasteiger partial charge is 0.294 e. The van der Waals surface area contributed by atoms with Crippen molar-refractivity contribution in [2.75, 3.05) is 0 Å². The number of ketones is 1. The van der Waals surface area contributed by atoms with Crippen LogP contribution in [0.3, 0.4) is 0 Å². The van der Waals surface area contributed by atoms with Crippen LogP contribution in [0.25, 0.3) is 0 Å². The van der Waals surface area contributed by atoms with E-state index in [0.717, 1.165) is 17.5 Å². The van der Waals surface area contributed by atoms with Gasteiger partial charge in [0.25, 0.3) is 0 Å². The molecular formula is C15H16N2O2. The summed E-state index contributed by atoms with van der Waals surface area (Å²) >= 11 is 0. The third-order valence-corrected chi connectivity index (χ3v) is 3.06. The summed E-state index contributed by atoms with van der Waals surface area (Å²) in [5.74, 6) is -0.0919. The van der Waals surface area contributed by atoms with E-state index < -0.39 is 0 Å². The van der Waals surface area contributed by atoms with Crippen molar-refractivity contribution in [3.8, 4) is 0 Å². The predicted molar refractivity (Wildman–Crippen MR) is 72.2 cm³/mol. The van der Waals surface area contributed by atoms with E-state index in [-0.39, 0.29) is 24.5 Å². The van der Waals surface area contributed by atoms with Crippen molar-refractivity contribution in [2.24, 2.45) is 0 Å². The lowest BCUT2D eigenvalue weighted by Crippen LogP contribution is -2.11. The molecule has 0 N–H and O–H groups in total. The van der Waals surface area contributed by atoms with Crippen molar-refractivity contribution >= 4 is 11.7 Å². The molecule has 1 heterocycles. The Kier molecular flexibility index (Phi) is 4.23. The zero-order valence-electron chi connectivity index (χ0n) is 10.9. The van der Waals surface area contributed by atoms with Crippen molar-refractivity contribution in [3.63, 3.8) is 0 Å². The number of Topliss-reactive ketones (excluding diaryl/α,β-unsaturated/α-hetero) is 1. The van der Waals surface area contributed by atoms with E-state index in [1.807, 2.05) is 31.2 Å². The summed E-state index contributed by atoms with van der Waals surface area (Å²) in [6.07, 6.45) is 5.84. The average molecular weight is 256 g/mol. The van der Waals surface area contributed by atoms with Gasteiger partial charge in [0, 0.05) is 30.8 Å². The Labute approximate surface area is 112 Å².